The summed E-state index contributed by atoms with van der Waals surface area (Å²) in [6, 6.07) is 0. The van der Waals surface area contributed by atoms with Gasteiger partial charge in [-0.15, -0.1) is 0 Å². The van der Waals surface area contributed by atoms with Gasteiger partial charge in [-0.1, -0.05) is 75.2 Å². The number of carbonyl (C=O) groups is 2. The second-order valence-corrected chi connectivity index (χ2v) is 16.3. The molecule has 0 radical (unpaired) electrons. The lowest BCUT2D eigenvalue weighted by atomic mass is 9.70. The van der Waals surface area contributed by atoms with Gasteiger partial charge in [0.15, 0.2) is 11.6 Å². The minimum atomic E-state index is -2.17. The molecule has 0 amide bonds. The summed E-state index contributed by atoms with van der Waals surface area (Å²) in [6.45, 7) is 19.8. The first-order valence-corrected chi connectivity index (χ1v) is 19.0. The smallest absolute Gasteiger partial charge is 0.311 e. The molecule has 0 aliphatic carbocycles. The van der Waals surface area contributed by atoms with E-state index in [0.29, 0.717) is 38.5 Å². The molecule has 286 valence electrons. The molecular weight excluding hydrogens is 632 g/mol. The number of carboxylic acid groups (broad SMARTS) is 1. The molecule has 11 nitrogen and oxygen atoms in total. The molecule has 0 saturated carbocycles. The van der Waals surface area contributed by atoms with Gasteiger partial charge in [0.05, 0.1) is 36.1 Å². The molecule has 3 heterocycles. The lowest BCUT2D eigenvalue weighted by Crippen LogP contribution is -2.64. The molecule has 3 aliphatic rings. The zero-order valence-corrected chi connectivity index (χ0v) is 31.9. The fourth-order valence-electron chi connectivity index (χ4n) is 9.58. The van der Waals surface area contributed by atoms with Crippen LogP contribution in [0, 0.1) is 47.3 Å². The third kappa shape index (κ3) is 7.39. The number of ether oxygens (including phenoxy) is 3. The molecule has 49 heavy (non-hydrogen) atoms. The predicted octanol–water partition coefficient (Wildman–Crippen LogP) is 4.67. The Hall–Kier alpha value is -1.18. The van der Waals surface area contributed by atoms with Crippen LogP contribution in [0.5, 0.6) is 0 Å². The van der Waals surface area contributed by atoms with Gasteiger partial charge in [0.2, 0.25) is 0 Å². The molecule has 0 aromatic carbocycles. The summed E-state index contributed by atoms with van der Waals surface area (Å²) in [4.78, 5) is 26.2. The molecule has 0 bridgehead atoms. The molecule has 17 atom stereocenters. The highest BCUT2D eigenvalue weighted by Gasteiger charge is 2.67. The molecule has 3 aliphatic heterocycles. The van der Waals surface area contributed by atoms with Crippen LogP contribution in [-0.4, -0.2) is 95.7 Å². The first-order valence-electron chi connectivity index (χ1n) is 19.0. The number of rotatable bonds is 16. The van der Waals surface area contributed by atoms with E-state index in [2.05, 4.69) is 6.92 Å². The van der Waals surface area contributed by atoms with Crippen LogP contribution in [0.4, 0.5) is 0 Å². The fourth-order valence-corrected chi connectivity index (χ4v) is 9.58. The second kappa shape index (κ2) is 15.8. The largest absolute Gasteiger partial charge is 0.481 e. The lowest BCUT2D eigenvalue weighted by molar-refractivity contribution is -0.346. The Morgan fingerprint density at radius 3 is 2.06 bits per heavy atom. The van der Waals surface area contributed by atoms with Crippen molar-refractivity contribution in [1.82, 2.24) is 0 Å². The number of hydrogen-bond acceptors (Lipinski definition) is 10. The van der Waals surface area contributed by atoms with Crippen LogP contribution in [-0.2, 0) is 23.8 Å². The van der Waals surface area contributed by atoms with Crippen LogP contribution in [0.15, 0.2) is 0 Å². The zero-order chi connectivity index (χ0) is 37.4. The van der Waals surface area contributed by atoms with Gasteiger partial charge in [0.25, 0.3) is 0 Å². The summed E-state index contributed by atoms with van der Waals surface area (Å²) in [7, 11) is 0. The Morgan fingerprint density at radius 1 is 0.939 bits per heavy atom. The van der Waals surface area contributed by atoms with Crippen molar-refractivity contribution in [2.75, 3.05) is 0 Å². The van der Waals surface area contributed by atoms with E-state index in [0.717, 1.165) is 12.8 Å². The van der Waals surface area contributed by atoms with Crippen LogP contribution in [0.2, 0.25) is 0 Å². The summed E-state index contributed by atoms with van der Waals surface area (Å²) in [5.74, 6) is -10.8. The molecule has 3 fully saturated rings. The van der Waals surface area contributed by atoms with Crippen LogP contribution < -0.4 is 0 Å². The van der Waals surface area contributed by atoms with E-state index in [1.165, 1.54) is 6.92 Å². The third-order valence-corrected chi connectivity index (χ3v) is 13.2. The predicted molar refractivity (Wildman–Crippen MR) is 184 cm³/mol. The van der Waals surface area contributed by atoms with Gasteiger partial charge in [-0.05, 0) is 58.3 Å². The van der Waals surface area contributed by atoms with Crippen LogP contribution in [0.1, 0.15) is 128 Å². The standard InChI is InChI=1S/C38H68O11/c1-12-16-17-28(39)36(15-4)19-21(6)38(46,49-36)35(11)18-20(5)32(47-35)26(13-2)30(41)22(7)29(40)23(8)33-27(14-3)31(42)24(9)37(45,48-33)25(10)34(43)44/h20-29,31-33,39-40,42,45-46H,12-19H2,1-11H3,(H,43,44). The van der Waals surface area contributed by atoms with E-state index in [1.54, 1.807) is 20.8 Å². The quantitative estimate of drug-likeness (QED) is 0.132. The fraction of sp³-hybridized carbons (Fsp3) is 0.947. The van der Waals surface area contributed by atoms with E-state index in [4.69, 9.17) is 14.2 Å². The minimum Gasteiger partial charge on any atom is -0.481 e. The van der Waals surface area contributed by atoms with Crippen molar-refractivity contribution in [2.45, 2.75) is 181 Å². The van der Waals surface area contributed by atoms with Crippen LogP contribution in [0.25, 0.3) is 0 Å². The van der Waals surface area contributed by atoms with E-state index in [-0.39, 0.29) is 17.6 Å². The number of aliphatic hydroxyl groups is 5. The zero-order valence-electron chi connectivity index (χ0n) is 31.9. The minimum absolute atomic E-state index is 0.127. The number of carbonyl (C=O) groups excluding carboxylic acids is 1. The van der Waals surface area contributed by atoms with Crippen molar-refractivity contribution in [1.29, 1.82) is 0 Å². The monoisotopic (exact) mass is 700 g/mol. The molecule has 6 N–H and O–H groups in total. The summed E-state index contributed by atoms with van der Waals surface area (Å²) >= 11 is 0. The Morgan fingerprint density at radius 2 is 1.55 bits per heavy atom. The van der Waals surface area contributed by atoms with Crippen molar-refractivity contribution in [3.63, 3.8) is 0 Å². The van der Waals surface area contributed by atoms with E-state index < -0.39 is 94.8 Å². The summed E-state index contributed by atoms with van der Waals surface area (Å²) in [5.41, 5.74) is -2.05. The molecular formula is C38H68O11. The molecule has 11 heteroatoms. The van der Waals surface area contributed by atoms with Crippen molar-refractivity contribution in [3.05, 3.63) is 0 Å². The number of ketones is 1. The number of Topliss-reactive ketones (excluding diaryl/α,β-unsaturated/α-hetero) is 1. The van der Waals surface area contributed by atoms with Crippen molar-refractivity contribution < 1.29 is 54.4 Å². The van der Waals surface area contributed by atoms with Gasteiger partial charge < -0.3 is 44.8 Å². The third-order valence-electron chi connectivity index (χ3n) is 13.2. The molecule has 17 unspecified atom stereocenters. The van der Waals surface area contributed by atoms with E-state index >= 15 is 0 Å². The lowest BCUT2D eigenvalue weighted by Gasteiger charge is -2.52. The van der Waals surface area contributed by atoms with Gasteiger partial charge in [-0.2, -0.15) is 0 Å². The van der Waals surface area contributed by atoms with Crippen LogP contribution >= 0.6 is 0 Å². The Labute approximate surface area is 294 Å². The van der Waals surface area contributed by atoms with Gasteiger partial charge in [0, 0.05) is 35.5 Å². The second-order valence-electron chi connectivity index (χ2n) is 16.3. The Balaban J connectivity index is 1.84. The Bertz CT molecular complexity index is 1130. The average molecular weight is 701 g/mol. The number of aliphatic carboxylic acids is 1. The van der Waals surface area contributed by atoms with Gasteiger partial charge in [0.1, 0.15) is 17.3 Å². The topological polar surface area (TPSA) is 183 Å². The Kier molecular flexibility index (Phi) is 13.6. The van der Waals surface area contributed by atoms with E-state index in [1.807, 2.05) is 41.5 Å². The molecule has 0 aromatic heterocycles. The van der Waals surface area contributed by atoms with Gasteiger partial charge in [-0.3, -0.25) is 9.59 Å². The summed E-state index contributed by atoms with van der Waals surface area (Å²) in [5, 5.41) is 67.5. The number of unbranched alkanes of at least 4 members (excludes halogenated alkanes) is 1. The maximum absolute atomic E-state index is 14.3. The van der Waals surface area contributed by atoms with Gasteiger partial charge in [-0.25, -0.2) is 0 Å². The average Bonchev–Trinajstić information content (AvgIpc) is 3.54. The van der Waals surface area contributed by atoms with E-state index in [9.17, 15) is 40.2 Å². The SMILES string of the molecule is CCCCC(O)C1(CC)CC(C)C(O)(C2(C)CC(C)C(C(CC)C(=O)C(C)C(O)C(C)C3OC(O)(C(C)C(=O)O)C(C)C(O)C3CC)O2)O1. The maximum Gasteiger partial charge on any atom is 0.311 e. The maximum atomic E-state index is 14.3. The highest BCUT2D eigenvalue weighted by Crippen LogP contribution is 2.56. The van der Waals surface area contributed by atoms with Crippen molar-refractivity contribution in [2.24, 2.45) is 47.3 Å². The first-order chi connectivity index (χ1) is 22.7. The molecule has 3 rings (SSSR count). The first kappa shape index (κ1) is 42.2. The highest BCUT2D eigenvalue weighted by molar-refractivity contribution is 5.84. The number of aliphatic hydroxyl groups excluding tert-OH is 3. The summed E-state index contributed by atoms with van der Waals surface area (Å²) < 4.78 is 19.4. The van der Waals surface area contributed by atoms with Crippen LogP contribution in [0.3, 0.4) is 0 Å². The molecule has 0 aromatic rings. The van der Waals surface area contributed by atoms with Crippen molar-refractivity contribution >= 4 is 11.8 Å². The summed E-state index contributed by atoms with van der Waals surface area (Å²) in [6.07, 6.45) is 0.185. The molecule has 3 saturated heterocycles. The highest BCUT2D eigenvalue weighted by atomic mass is 16.7. The van der Waals surface area contributed by atoms with Crippen molar-refractivity contribution in [3.8, 4) is 0 Å². The normalized spacial score (nSPS) is 43.5. The molecule has 0 spiro atoms. The van der Waals surface area contributed by atoms with Gasteiger partial charge >= 0.3 is 5.97 Å². The number of hydrogen-bond donors (Lipinski definition) is 6. The number of carboxylic acids is 1.